The summed E-state index contributed by atoms with van der Waals surface area (Å²) in [5.41, 5.74) is 0.236. The number of alkyl halides is 3. The van der Waals surface area contributed by atoms with Crippen LogP contribution >= 0.6 is 0 Å². The van der Waals surface area contributed by atoms with Crippen LogP contribution in [0.4, 0.5) is 19.0 Å². The lowest BCUT2D eigenvalue weighted by Gasteiger charge is -2.18. The number of pyridine rings is 1. The summed E-state index contributed by atoms with van der Waals surface area (Å²) in [4.78, 5) is 40.6. The number of amides is 2. The van der Waals surface area contributed by atoms with Gasteiger partial charge in [-0.05, 0) is 42.5 Å². The minimum absolute atomic E-state index is 0.00253. The fourth-order valence-electron chi connectivity index (χ4n) is 3.38. The van der Waals surface area contributed by atoms with E-state index < -0.39 is 29.6 Å². The Hall–Kier alpha value is -3.23. The molecule has 0 saturated carbocycles. The van der Waals surface area contributed by atoms with E-state index in [-0.39, 0.29) is 23.7 Å². The third-order valence-electron chi connectivity index (χ3n) is 5.05. The van der Waals surface area contributed by atoms with Crippen LogP contribution in [0, 0.1) is 0 Å². The fourth-order valence-corrected chi connectivity index (χ4v) is 3.38. The van der Waals surface area contributed by atoms with E-state index in [4.69, 9.17) is 0 Å². The lowest BCUT2D eigenvalue weighted by Crippen LogP contribution is -2.44. The number of halogens is 3. The minimum Gasteiger partial charge on any atom is -0.344 e. The summed E-state index contributed by atoms with van der Waals surface area (Å²) in [6, 6.07) is 7.08. The zero-order valence-corrected chi connectivity index (χ0v) is 18.8. The Kier molecular flexibility index (Phi) is 9.13. The smallest absolute Gasteiger partial charge is 0.344 e. The van der Waals surface area contributed by atoms with Gasteiger partial charge in [0.25, 0.3) is 0 Å². The molecule has 0 aliphatic heterocycles. The van der Waals surface area contributed by atoms with E-state index in [1.54, 1.807) is 18.3 Å². The summed E-state index contributed by atoms with van der Waals surface area (Å²) < 4.78 is 38.6. The molecule has 33 heavy (non-hydrogen) atoms. The number of Topliss-reactive ketones (excluding diaryl/α,β-unsaturated/α-hetero) is 1. The molecule has 2 N–H and O–H groups in total. The number of carbonyl (C=O) groups excluding carboxylic acids is 3. The average molecular weight is 464 g/mol. The van der Waals surface area contributed by atoms with Crippen LogP contribution in [0.3, 0.4) is 0 Å². The van der Waals surface area contributed by atoms with Crippen molar-refractivity contribution < 1.29 is 27.6 Å². The maximum absolute atomic E-state index is 12.9. The first-order valence-electron chi connectivity index (χ1n) is 10.7. The van der Waals surface area contributed by atoms with Gasteiger partial charge < -0.3 is 15.4 Å². The number of hydrogen-bond acceptors (Lipinski definition) is 4. The van der Waals surface area contributed by atoms with Crippen molar-refractivity contribution in [3.63, 3.8) is 0 Å². The van der Waals surface area contributed by atoms with Crippen LogP contribution in [0.25, 0.3) is 0 Å². The highest BCUT2D eigenvalue weighted by Crippen LogP contribution is 2.29. The second-order valence-electron chi connectivity index (χ2n) is 8.06. The molecule has 2 aromatic rings. The Labute approximate surface area is 191 Å². The van der Waals surface area contributed by atoms with E-state index in [0.717, 1.165) is 17.7 Å². The van der Waals surface area contributed by atoms with Crippen LogP contribution in [0.1, 0.15) is 62.6 Å². The van der Waals surface area contributed by atoms with E-state index in [9.17, 15) is 27.6 Å². The number of benzene rings is 1. The molecule has 0 spiro atoms. The quantitative estimate of drug-likeness (QED) is 0.537. The third-order valence-corrected chi connectivity index (χ3v) is 5.05. The van der Waals surface area contributed by atoms with E-state index >= 15 is 0 Å². The summed E-state index contributed by atoms with van der Waals surface area (Å²) in [5, 5.41) is 5.25. The molecule has 2 amide bonds. The second kappa shape index (κ2) is 11.6. The van der Waals surface area contributed by atoms with Gasteiger partial charge in [0.15, 0.2) is 0 Å². The average Bonchev–Trinajstić information content (AvgIpc) is 2.73. The second-order valence-corrected chi connectivity index (χ2v) is 8.06. The Bertz CT molecular complexity index is 975. The largest absolute Gasteiger partial charge is 0.416 e. The number of rotatable bonds is 10. The van der Waals surface area contributed by atoms with Gasteiger partial charge in [-0.15, -0.1) is 0 Å². The molecule has 178 valence electrons. The molecule has 2 rings (SSSR count). The number of ketones is 1. The van der Waals surface area contributed by atoms with Gasteiger partial charge in [-0.25, -0.2) is 4.98 Å². The number of aromatic nitrogens is 1. The van der Waals surface area contributed by atoms with Gasteiger partial charge >= 0.3 is 6.18 Å². The summed E-state index contributed by atoms with van der Waals surface area (Å²) >= 11 is 0. The highest BCUT2D eigenvalue weighted by molar-refractivity contribution is 5.96. The first kappa shape index (κ1) is 26.0. The van der Waals surface area contributed by atoms with Gasteiger partial charge in [0.2, 0.25) is 11.8 Å². The summed E-state index contributed by atoms with van der Waals surface area (Å²) in [6.45, 7) is 5.28. The van der Waals surface area contributed by atoms with Crippen molar-refractivity contribution in [3.8, 4) is 0 Å². The lowest BCUT2D eigenvalue weighted by molar-refractivity contribution is -0.137. The van der Waals surface area contributed by atoms with E-state index in [0.29, 0.717) is 25.1 Å². The van der Waals surface area contributed by atoms with Crippen LogP contribution in [-0.2, 0) is 27.0 Å². The van der Waals surface area contributed by atoms with Gasteiger partial charge in [-0.2, -0.15) is 13.2 Å². The number of nitrogens with zero attached hydrogens (tertiary/aromatic N) is 1. The van der Waals surface area contributed by atoms with Gasteiger partial charge in [0.1, 0.15) is 17.6 Å². The van der Waals surface area contributed by atoms with E-state index in [1.807, 2.05) is 13.8 Å². The molecular weight excluding hydrogens is 435 g/mol. The van der Waals surface area contributed by atoms with Crippen molar-refractivity contribution in [1.29, 1.82) is 0 Å². The van der Waals surface area contributed by atoms with Gasteiger partial charge in [-0.3, -0.25) is 9.59 Å². The molecule has 0 aliphatic rings. The number of hydrogen-bond donors (Lipinski definition) is 2. The van der Waals surface area contributed by atoms with Crippen molar-refractivity contribution >= 4 is 23.4 Å². The molecule has 0 aliphatic carbocycles. The maximum Gasteiger partial charge on any atom is 0.416 e. The molecule has 2 unspecified atom stereocenters. The Morgan fingerprint density at radius 1 is 1.12 bits per heavy atom. The first-order valence-corrected chi connectivity index (χ1v) is 10.7. The first-order chi connectivity index (χ1) is 15.5. The maximum atomic E-state index is 12.9. The van der Waals surface area contributed by atoms with E-state index in [1.165, 1.54) is 19.1 Å². The highest BCUT2D eigenvalue weighted by Gasteiger charge is 2.30. The van der Waals surface area contributed by atoms with Gasteiger partial charge in [0, 0.05) is 12.6 Å². The van der Waals surface area contributed by atoms with Gasteiger partial charge in [-0.1, -0.05) is 44.5 Å². The molecule has 1 heterocycles. The topological polar surface area (TPSA) is 88.2 Å². The third kappa shape index (κ3) is 8.32. The zero-order chi connectivity index (χ0) is 24.6. The van der Waals surface area contributed by atoms with E-state index in [2.05, 4.69) is 15.6 Å². The monoisotopic (exact) mass is 463 g/mol. The number of anilines is 1. The molecule has 0 bridgehead atoms. The predicted molar refractivity (Wildman–Crippen MR) is 119 cm³/mol. The standard InChI is InChI=1S/C24H28F3N3O3/c1-4-6-20(29-22(32)13-17-7-5-8-19(12-17)24(25,26)27)23(33)30-21-10-9-18(14-28-21)15(2)11-16(3)31/h5,7-10,12,14-15,20H,4,6,11,13H2,1-3H3,(H,29,32)(H,28,30,33). The van der Waals surface area contributed by atoms with Crippen molar-refractivity contribution in [1.82, 2.24) is 10.3 Å². The Morgan fingerprint density at radius 3 is 2.42 bits per heavy atom. The predicted octanol–water partition coefficient (Wildman–Crippen LogP) is 4.65. The number of carbonyl (C=O) groups is 3. The summed E-state index contributed by atoms with van der Waals surface area (Å²) in [7, 11) is 0. The fraction of sp³-hybridized carbons (Fsp3) is 0.417. The Morgan fingerprint density at radius 2 is 1.85 bits per heavy atom. The normalized spacial score (nSPS) is 13.2. The van der Waals surface area contributed by atoms with Crippen LogP contribution < -0.4 is 10.6 Å². The van der Waals surface area contributed by atoms with Crippen molar-refractivity contribution in [2.45, 2.75) is 64.6 Å². The molecular formula is C24H28F3N3O3. The molecule has 0 saturated heterocycles. The SMILES string of the molecule is CCCC(NC(=O)Cc1cccc(C(F)(F)F)c1)C(=O)Nc1ccc(C(C)CC(C)=O)cn1. The van der Waals surface area contributed by atoms with Gasteiger partial charge in [0.05, 0.1) is 12.0 Å². The van der Waals surface area contributed by atoms with Crippen molar-refractivity contribution in [2.75, 3.05) is 5.32 Å². The van der Waals surface area contributed by atoms with Crippen LogP contribution in [0.15, 0.2) is 42.6 Å². The molecule has 9 heteroatoms. The van der Waals surface area contributed by atoms with Crippen LogP contribution in [0.2, 0.25) is 0 Å². The van der Waals surface area contributed by atoms with Crippen LogP contribution in [-0.4, -0.2) is 28.6 Å². The summed E-state index contributed by atoms with van der Waals surface area (Å²) in [5.74, 6) is -0.645. The lowest BCUT2D eigenvalue weighted by atomic mass is 9.98. The minimum atomic E-state index is -4.50. The molecule has 0 radical (unpaired) electrons. The summed E-state index contributed by atoms with van der Waals surface area (Å²) in [6.07, 6.45) is -1.83. The Balaban J connectivity index is 2.00. The highest BCUT2D eigenvalue weighted by atomic mass is 19.4. The van der Waals surface area contributed by atoms with Crippen molar-refractivity contribution in [2.24, 2.45) is 0 Å². The molecule has 0 fully saturated rings. The number of nitrogens with one attached hydrogen (secondary N) is 2. The molecule has 1 aromatic carbocycles. The zero-order valence-electron chi connectivity index (χ0n) is 18.8. The molecule has 6 nitrogen and oxygen atoms in total. The van der Waals surface area contributed by atoms with Crippen LogP contribution in [0.5, 0.6) is 0 Å². The molecule has 2 atom stereocenters. The van der Waals surface area contributed by atoms with Crippen molar-refractivity contribution in [3.05, 3.63) is 59.3 Å². The molecule has 1 aromatic heterocycles.